The zero-order chi connectivity index (χ0) is 20.6. The van der Waals surface area contributed by atoms with Gasteiger partial charge in [0.05, 0.1) is 11.8 Å². The third-order valence-electron chi connectivity index (χ3n) is 5.70. The van der Waals surface area contributed by atoms with Crippen molar-refractivity contribution in [2.45, 2.75) is 44.9 Å². The van der Waals surface area contributed by atoms with E-state index < -0.39 is 0 Å². The molecule has 3 aromatic rings. The Kier molecular flexibility index (Phi) is 6.72. The monoisotopic (exact) mass is 396 g/mol. The van der Waals surface area contributed by atoms with Crippen LogP contribution in [0, 0.1) is 11.3 Å². The molecule has 0 saturated carbocycles. The maximum atomic E-state index is 8.74. The molecule has 1 saturated heterocycles. The number of nitrogens with zero attached hydrogens (tertiary/aromatic N) is 4. The van der Waals surface area contributed by atoms with Gasteiger partial charge in [0.25, 0.3) is 0 Å². The predicted molar refractivity (Wildman–Crippen MR) is 121 cm³/mol. The van der Waals surface area contributed by atoms with Gasteiger partial charge in [0, 0.05) is 43.4 Å². The van der Waals surface area contributed by atoms with Gasteiger partial charge in [-0.2, -0.15) is 5.26 Å². The number of anilines is 1. The summed E-state index contributed by atoms with van der Waals surface area (Å²) in [6.07, 6.45) is 8.93. The molecule has 0 aliphatic carbocycles. The van der Waals surface area contributed by atoms with Gasteiger partial charge in [0.2, 0.25) is 0 Å². The van der Waals surface area contributed by atoms with Crippen molar-refractivity contribution in [1.82, 2.24) is 9.97 Å². The van der Waals surface area contributed by atoms with Crippen LogP contribution < -0.4 is 4.90 Å². The van der Waals surface area contributed by atoms with Crippen LogP contribution in [-0.2, 0) is 12.8 Å². The Bertz CT molecular complexity index is 998. The van der Waals surface area contributed by atoms with E-state index in [1.54, 1.807) is 0 Å². The molecule has 0 atom stereocenters. The summed E-state index contributed by atoms with van der Waals surface area (Å²) >= 11 is 0. The molecule has 152 valence electrons. The van der Waals surface area contributed by atoms with Crippen molar-refractivity contribution in [1.29, 1.82) is 5.26 Å². The minimum atomic E-state index is 0.596. The molecule has 1 fully saturated rings. The van der Waals surface area contributed by atoms with Crippen molar-refractivity contribution < 1.29 is 0 Å². The lowest BCUT2D eigenvalue weighted by Gasteiger charge is -2.28. The Morgan fingerprint density at radius 1 is 0.933 bits per heavy atom. The molecule has 2 heterocycles. The average Bonchev–Trinajstić information content (AvgIpc) is 2.81. The number of aromatic nitrogens is 2. The lowest BCUT2D eigenvalue weighted by molar-refractivity contribution is 0.578. The highest BCUT2D eigenvalue weighted by Gasteiger charge is 2.11. The fourth-order valence-corrected chi connectivity index (χ4v) is 4.06. The van der Waals surface area contributed by atoms with Crippen LogP contribution in [0.4, 0.5) is 5.69 Å². The number of nitriles is 1. The Morgan fingerprint density at radius 3 is 2.57 bits per heavy atom. The Hall–Kier alpha value is -3.19. The first-order valence-corrected chi connectivity index (χ1v) is 10.9. The largest absolute Gasteiger partial charge is 0.372 e. The Balaban J connectivity index is 1.45. The summed E-state index contributed by atoms with van der Waals surface area (Å²) in [6, 6.07) is 21.5. The number of piperidine rings is 1. The zero-order valence-electron chi connectivity index (χ0n) is 17.4. The molecule has 2 aromatic carbocycles. The number of hydrogen-bond donors (Lipinski definition) is 0. The molecular weight excluding hydrogens is 368 g/mol. The van der Waals surface area contributed by atoms with Crippen LogP contribution in [0.3, 0.4) is 0 Å². The van der Waals surface area contributed by atoms with Crippen LogP contribution in [0.25, 0.3) is 11.3 Å². The SMILES string of the molecule is N#CCCCc1cccc(-c2ccnc(Cc3ccc(N4CCCCC4)cc3)n2)c1. The quantitative estimate of drug-likeness (QED) is 0.490. The van der Waals surface area contributed by atoms with Crippen molar-refractivity contribution >= 4 is 5.69 Å². The molecule has 4 heteroatoms. The highest BCUT2D eigenvalue weighted by molar-refractivity contribution is 5.59. The summed E-state index contributed by atoms with van der Waals surface area (Å²) in [7, 11) is 0. The smallest absolute Gasteiger partial charge is 0.133 e. The summed E-state index contributed by atoms with van der Waals surface area (Å²) in [5.41, 5.74) is 5.86. The van der Waals surface area contributed by atoms with Crippen molar-refractivity contribution in [3.63, 3.8) is 0 Å². The standard InChI is InChI=1S/C26H28N4/c27-15-3-2-7-21-8-6-9-23(19-21)25-14-16-28-26(29-25)20-22-10-12-24(13-11-22)30-17-4-1-5-18-30/h6,8-14,16,19H,1-5,7,17-18,20H2. The molecule has 0 radical (unpaired) electrons. The normalized spacial score (nSPS) is 13.8. The van der Waals surface area contributed by atoms with Crippen LogP contribution >= 0.6 is 0 Å². The number of rotatable bonds is 7. The van der Waals surface area contributed by atoms with E-state index in [1.165, 1.54) is 49.2 Å². The highest BCUT2D eigenvalue weighted by Crippen LogP contribution is 2.22. The molecule has 0 N–H and O–H groups in total. The topological polar surface area (TPSA) is 52.8 Å². The molecule has 0 unspecified atom stereocenters. The van der Waals surface area contributed by atoms with Gasteiger partial charge < -0.3 is 4.90 Å². The van der Waals surface area contributed by atoms with Crippen LogP contribution in [-0.4, -0.2) is 23.1 Å². The summed E-state index contributed by atoms with van der Waals surface area (Å²) < 4.78 is 0. The molecule has 4 nitrogen and oxygen atoms in total. The number of unbranched alkanes of at least 4 members (excludes halogenated alkanes) is 1. The first-order chi connectivity index (χ1) is 14.8. The lowest BCUT2D eigenvalue weighted by atomic mass is 10.0. The third-order valence-corrected chi connectivity index (χ3v) is 5.70. The van der Waals surface area contributed by atoms with E-state index in [4.69, 9.17) is 10.2 Å². The lowest BCUT2D eigenvalue weighted by Crippen LogP contribution is -2.29. The Labute approximate surface area is 179 Å². The molecule has 1 aliphatic rings. The molecule has 0 bridgehead atoms. The first-order valence-electron chi connectivity index (χ1n) is 10.9. The van der Waals surface area contributed by atoms with Crippen molar-refractivity contribution in [3.8, 4) is 17.3 Å². The fourth-order valence-electron chi connectivity index (χ4n) is 4.06. The van der Waals surface area contributed by atoms with E-state index in [2.05, 4.69) is 64.5 Å². The minimum Gasteiger partial charge on any atom is -0.372 e. The van der Waals surface area contributed by atoms with Crippen LogP contribution in [0.5, 0.6) is 0 Å². The van der Waals surface area contributed by atoms with Crippen LogP contribution in [0.2, 0.25) is 0 Å². The number of aryl methyl sites for hydroxylation is 1. The second kappa shape index (κ2) is 10.0. The van der Waals surface area contributed by atoms with E-state index in [-0.39, 0.29) is 0 Å². The summed E-state index contributed by atoms with van der Waals surface area (Å²) in [4.78, 5) is 11.8. The van der Waals surface area contributed by atoms with Gasteiger partial charge in [0.1, 0.15) is 5.82 Å². The van der Waals surface area contributed by atoms with Gasteiger partial charge in [0.15, 0.2) is 0 Å². The van der Waals surface area contributed by atoms with E-state index in [0.717, 1.165) is 36.3 Å². The molecule has 0 amide bonds. The zero-order valence-corrected chi connectivity index (χ0v) is 17.4. The van der Waals surface area contributed by atoms with Gasteiger partial charge in [-0.05, 0) is 67.5 Å². The molecule has 1 aromatic heterocycles. The number of hydrogen-bond acceptors (Lipinski definition) is 4. The Morgan fingerprint density at radius 2 is 1.77 bits per heavy atom. The minimum absolute atomic E-state index is 0.596. The first kappa shape index (κ1) is 20.1. The molecular formula is C26H28N4. The second-order valence-corrected chi connectivity index (χ2v) is 7.96. The van der Waals surface area contributed by atoms with Crippen molar-refractivity contribution in [2.75, 3.05) is 18.0 Å². The molecule has 30 heavy (non-hydrogen) atoms. The van der Waals surface area contributed by atoms with E-state index in [1.807, 2.05) is 12.3 Å². The summed E-state index contributed by atoms with van der Waals surface area (Å²) in [5.74, 6) is 0.841. The number of benzene rings is 2. The van der Waals surface area contributed by atoms with Gasteiger partial charge in [-0.25, -0.2) is 9.97 Å². The molecule has 1 aliphatic heterocycles. The van der Waals surface area contributed by atoms with Gasteiger partial charge in [-0.15, -0.1) is 0 Å². The van der Waals surface area contributed by atoms with Crippen LogP contribution in [0.1, 0.15) is 49.1 Å². The second-order valence-electron chi connectivity index (χ2n) is 7.96. The summed E-state index contributed by atoms with van der Waals surface area (Å²) in [6.45, 7) is 2.33. The predicted octanol–water partition coefficient (Wildman–Crippen LogP) is 5.57. The van der Waals surface area contributed by atoms with Gasteiger partial charge >= 0.3 is 0 Å². The highest BCUT2D eigenvalue weighted by atomic mass is 15.1. The molecule has 4 rings (SSSR count). The average molecular weight is 397 g/mol. The van der Waals surface area contributed by atoms with Gasteiger partial charge in [-0.1, -0.05) is 30.3 Å². The molecule has 0 spiro atoms. The van der Waals surface area contributed by atoms with E-state index in [0.29, 0.717) is 6.42 Å². The van der Waals surface area contributed by atoms with Crippen molar-refractivity contribution in [3.05, 3.63) is 77.7 Å². The third kappa shape index (κ3) is 5.24. The maximum Gasteiger partial charge on any atom is 0.133 e. The van der Waals surface area contributed by atoms with Gasteiger partial charge in [-0.3, -0.25) is 0 Å². The maximum absolute atomic E-state index is 8.74. The van der Waals surface area contributed by atoms with Crippen LogP contribution in [0.15, 0.2) is 60.8 Å². The van der Waals surface area contributed by atoms with E-state index >= 15 is 0 Å². The summed E-state index contributed by atoms with van der Waals surface area (Å²) in [5, 5.41) is 8.74. The van der Waals surface area contributed by atoms with Crippen molar-refractivity contribution in [2.24, 2.45) is 0 Å². The fraction of sp³-hybridized carbons (Fsp3) is 0.346. The van der Waals surface area contributed by atoms with E-state index in [9.17, 15) is 0 Å².